The molecule has 4 nitrogen and oxygen atoms in total. The van der Waals surface area contributed by atoms with E-state index in [9.17, 15) is 0 Å². The fraction of sp³-hybridized carbons (Fsp3) is 0.143. The molecule has 5 heteroatoms. The third-order valence-electron chi connectivity index (χ3n) is 2.94. The Morgan fingerprint density at radius 1 is 1.21 bits per heavy atom. The van der Waals surface area contributed by atoms with Crippen LogP contribution in [0.1, 0.15) is 5.69 Å². The lowest BCUT2D eigenvalue weighted by molar-refractivity contribution is 0.415. The molecule has 0 atom stereocenters. The lowest BCUT2D eigenvalue weighted by Gasteiger charge is -2.07. The van der Waals surface area contributed by atoms with Gasteiger partial charge in [0.2, 0.25) is 0 Å². The van der Waals surface area contributed by atoms with Gasteiger partial charge in [-0.25, -0.2) is 4.98 Å². The van der Waals surface area contributed by atoms with E-state index in [0.717, 1.165) is 33.6 Å². The number of nitrogens with two attached hydrogens (primary N) is 1. The zero-order chi connectivity index (χ0) is 13.4. The minimum Gasteiger partial charge on any atom is -0.497 e. The minimum absolute atomic E-state index is 0.570. The highest BCUT2D eigenvalue weighted by Gasteiger charge is 2.10. The summed E-state index contributed by atoms with van der Waals surface area (Å²) in [4.78, 5) is 8.89. The maximum absolute atomic E-state index is 5.72. The van der Waals surface area contributed by atoms with Crippen molar-refractivity contribution in [3.8, 4) is 17.0 Å². The normalized spacial score (nSPS) is 10.8. The Morgan fingerprint density at radius 2 is 2.05 bits per heavy atom. The molecule has 96 valence electrons. The average molecular weight is 271 g/mol. The van der Waals surface area contributed by atoms with E-state index < -0.39 is 0 Å². The van der Waals surface area contributed by atoms with E-state index in [0.29, 0.717) is 5.13 Å². The van der Waals surface area contributed by atoms with Crippen molar-refractivity contribution in [3.05, 3.63) is 35.3 Å². The molecule has 0 aliphatic rings. The van der Waals surface area contributed by atoms with E-state index in [1.54, 1.807) is 7.11 Å². The molecule has 1 aromatic carbocycles. The Hall–Kier alpha value is -2.14. The Kier molecular flexibility index (Phi) is 2.83. The van der Waals surface area contributed by atoms with Crippen LogP contribution in [0.15, 0.2) is 29.6 Å². The first-order valence-corrected chi connectivity index (χ1v) is 6.72. The van der Waals surface area contributed by atoms with Crippen LogP contribution in [0.5, 0.6) is 5.75 Å². The number of rotatable bonds is 2. The highest BCUT2D eigenvalue weighted by molar-refractivity contribution is 7.13. The number of hydrogen-bond donors (Lipinski definition) is 1. The van der Waals surface area contributed by atoms with E-state index in [4.69, 9.17) is 10.5 Å². The second kappa shape index (κ2) is 4.51. The van der Waals surface area contributed by atoms with Crippen LogP contribution < -0.4 is 10.5 Å². The molecule has 2 heterocycles. The first-order chi connectivity index (χ1) is 9.17. The summed E-state index contributed by atoms with van der Waals surface area (Å²) in [6.07, 6.45) is 0. The second-order valence-electron chi connectivity index (χ2n) is 4.27. The third kappa shape index (κ3) is 2.13. The van der Waals surface area contributed by atoms with E-state index in [1.807, 2.05) is 36.6 Å². The molecule has 0 unspecified atom stereocenters. The number of fused-ring (bicyclic) bond motifs is 1. The number of anilines is 1. The molecule has 0 amide bonds. The number of benzene rings is 1. The number of hydrogen-bond acceptors (Lipinski definition) is 5. The van der Waals surface area contributed by atoms with Crippen molar-refractivity contribution >= 4 is 27.4 Å². The molecule has 0 spiro atoms. The summed E-state index contributed by atoms with van der Waals surface area (Å²) in [5.74, 6) is 0.808. The standard InChI is InChI=1S/C14H13N3OS/c1-8-5-10(13-7-19-14(15)17-13)11-6-9(18-2)3-4-12(11)16-8/h3-7H,1-2H3,(H2,15,17). The molecule has 0 saturated heterocycles. The van der Waals surface area contributed by atoms with Crippen LogP contribution in [0.2, 0.25) is 0 Å². The largest absolute Gasteiger partial charge is 0.497 e. The molecule has 0 aliphatic carbocycles. The van der Waals surface area contributed by atoms with Gasteiger partial charge in [-0.1, -0.05) is 0 Å². The number of ether oxygens (including phenoxy) is 1. The molecule has 3 rings (SSSR count). The Labute approximate surface area is 114 Å². The first-order valence-electron chi connectivity index (χ1n) is 5.84. The zero-order valence-electron chi connectivity index (χ0n) is 10.7. The van der Waals surface area contributed by atoms with Gasteiger partial charge in [0.25, 0.3) is 0 Å². The molecular formula is C14H13N3OS. The van der Waals surface area contributed by atoms with Crippen molar-refractivity contribution in [3.63, 3.8) is 0 Å². The van der Waals surface area contributed by atoms with E-state index in [-0.39, 0.29) is 0 Å². The fourth-order valence-electron chi connectivity index (χ4n) is 2.09. The summed E-state index contributed by atoms with van der Waals surface area (Å²) in [6.45, 7) is 1.98. The fourth-order valence-corrected chi connectivity index (χ4v) is 2.65. The summed E-state index contributed by atoms with van der Waals surface area (Å²) >= 11 is 1.44. The van der Waals surface area contributed by atoms with Gasteiger partial charge in [0.15, 0.2) is 5.13 Å². The van der Waals surface area contributed by atoms with Crippen LogP contribution in [0.4, 0.5) is 5.13 Å². The molecule has 0 bridgehead atoms. The van der Waals surface area contributed by atoms with Crippen molar-refractivity contribution in [2.75, 3.05) is 12.8 Å². The summed E-state index contributed by atoms with van der Waals surface area (Å²) < 4.78 is 5.28. The molecule has 3 aromatic rings. The van der Waals surface area contributed by atoms with Crippen LogP contribution in [0.25, 0.3) is 22.2 Å². The van der Waals surface area contributed by atoms with Crippen molar-refractivity contribution < 1.29 is 4.74 Å². The Bertz CT molecular complexity index is 752. The molecule has 0 radical (unpaired) electrons. The molecule has 2 aromatic heterocycles. The van der Waals surface area contributed by atoms with Gasteiger partial charge in [-0.15, -0.1) is 11.3 Å². The van der Waals surface area contributed by atoms with Crippen molar-refractivity contribution in [1.82, 2.24) is 9.97 Å². The van der Waals surface area contributed by atoms with Gasteiger partial charge < -0.3 is 10.5 Å². The smallest absolute Gasteiger partial charge is 0.180 e. The number of nitrogen functional groups attached to an aromatic ring is 1. The first kappa shape index (κ1) is 11.9. The lowest BCUT2D eigenvalue weighted by atomic mass is 10.1. The SMILES string of the molecule is COc1ccc2nc(C)cc(-c3csc(N)n3)c2c1. The van der Waals surface area contributed by atoms with Gasteiger partial charge in [-0.3, -0.25) is 4.98 Å². The van der Waals surface area contributed by atoms with Crippen LogP contribution in [0, 0.1) is 6.92 Å². The Morgan fingerprint density at radius 3 is 2.74 bits per heavy atom. The molecule has 19 heavy (non-hydrogen) atoms. The highest BCUT2D eigenvalue weighted by atomic mass is 32.1. The lowest BCUT2D eigenvalue weighted by Crippen LogP contribution is -1.91. The van der Waals surface area contributed by atoms with Gasteiger partial charge in [0.1, 0.15) is 5.75 Å². The zero-order valence-corrected chi connectivity index (χ0v) is 11.5. The maximum atomic E-state index is 5.72. The van der Waals surface area contributed by atoms with Gasteiger partial charge in [-0.2, -0.15) is 0 Å². The number of pyridine rings is 1. The Balaban J connectivity index is 2.32. The summed E-state index contributed by atoms with van der Waals surface area (Å²) in [7, 11) is 1.66. The molecular weight excluding hydrogens is 258 g/mol. The molecule has 2 N–H and O–H groups in total. The van der Waals surface area contributed by atoms with Gasteiger partial charge in [0, 0.05) is 22.0 Å². The van der Waals surface area contributed by atoms with Crippen molar-refractivity contribution in [2.45, 2.75) is 6.92 Å². The minimum atomic E-state index is 0.570. The predicted octanol–water partition coefficient (Wildman–Crippen LogP) is 3.26. The predicted molar refractivity (Wildman–Crippen MR) is 78.6 cm³/mol. The number of nitrogens with zero attached hydrogens (tertiary/aromatic N) is 2. The summed E-state index contributed by atoms with van der Waals surface area (Å²) in [5, 5.41) is 3.55. The van der Waals surface area contributed by atoms with Crippen LogP contribution in [-0.2, 0) is 0 Å². The monoisotopic (exact) mass is 271 g/mol. The molecule has 0 saturated carbocycles. The number of aryl methyl sites for hydroxylation is 1. The quantitative estimate of drug-likeness (QED) is 0.777. The molecule has 0 aliphatic heterocycles. The number of thiazole rings is 1. The number of methoxy groups -OCH3 is 1. The van der Waals surface area contributed by atoms with Crippen molar-refractivity contribution in [2.24, 2.45) is 0 Å². The third-order valence-corrected chi connectivity index (χ3v) is 3.62. The average Bonchev–Trinajstić information content (AvgIpc) is 2.84. The van der Waals surface area contributed by atoms with Gasteiger partial charge in [0.05, 0.1) is 18.3 Å². The summed E-state index contributed by atoms with van der Waals surface area (Å²) in [6, 6.07) is 7.87. The topological polar surface area (TPSA) is 61.0 Å². The molecule has 0 fully saturated rings. The van der Waals surface area contributed by atoms with E-state index >= 15 is 0 Å². The van der Waals surface area contributed by atoms with Gasteiger partial charge >= 0.3 is 0 Å². The van der Waals surface area contributed by atoms with Crippen LogP contribution >= 0.6 is 11.3 Å². The van der Waals surface area contributed by atoms with Crippen LogP contribution in [-0.4, -0.2) is 17.1 Å². The van der Waals surface area contributed by atoms with Crippen molar-refractivity contribution in [1.29, 1.82) is 0 Å². The van der Waals surface area contributed by atoms with E-state index in [1.165, 1.54) is 11.3 Å². The van der Waals surface area contributed by atoms with E-state index in [2.05, 4.69) is 9.97 Å². The second-order valence-corrected chi connectivity index (χ2v) is 5.15. The summed E-state index contributed by atoms with van der Waals surface area (Å²) in [5.41, 5.74) is 9.53. The van der Waals surface area contributed by atoms with Crippen LogP contribution in [0.3, 0.4) is 0 Å². The highest BCUT2D eigenvalue weighted by Crippen LogP contribution is 2.32. The number of aromatic nitrogens is 2. The maximum Gasteiger partial charge on any atom is 0.180 e. The van der Waals surface area contributed by atoms with Gasteiger partial charge in [-0.05, 0) is 31.2 Å².